The molecule has 1 aromatic carbocycles. The Bertz CT molecular complexity index is 665. The van der Waals surface area contributed by atoms with Crippen molar-refractivity contribution in [1.29, 1.82) is 0 Å². The van der Waals surface area contributed by atoms with Crippen molar-refractivity contribution < 1.29 is 4.79 Å². The molecule has 1 fully saturated rings. The number of aryl methyl sites for hydroxylation is 1. The molecule has 0 unspecified atom stereocenters. The van der Waals surface area contributed by atoms with Crippen LogP contribution in [0.4, 0.5) is 0 Å². The molecular formula is C18H23N3OS. The van der Waals surface area contributed by atoms with Gasteiger partial charge in [0, 0.05) is 24.0 Å². The number of primary amides is 1. The summed E-state index contributed by atoms with van der Waals surface area (Å²) in [6, 6.07) is 8.62. The van der Waals surface area contributed by atoms with Crippen LogP contribution in [-0.4, -0.2) is 28.9 Å². The standard InChI is InChI=1S/C18H23N3OS/c1-2-13-5-7-14(8-6-13)18-20-16(12-23-18)11-21-9-3-4-15(10-21)17(19)22/h5-8,12,15H,2-4,9-11H2,1H3,(H2,19,22)/t15-/m1/s1. The minimum atomic E-state index is -0.176. The molecular weight excluding hydrogens is 306 g/mol. The first kappa shape index (κ1) is 16.1. The number of carbonyl (C=O) groups excluding carboxylic acids is 1. The molecule has 0 radical (unpaired) electrons. The van der Waals surface area contributed by atoms with E-state index in [1.54, 1.807) is 11.3 Å². The minimum absolute atomic E-state index is 0.0107. The highest BCUT2D eigenvalue weighted by atomic mass is 32.1. The van der Waals surface area contributed by atoms with Crippen LogP contribution in [0, 0.1) is 5.92 Å². The molecule has 23 heavy (non-hydrogen) atoms. The van der Waals surface area contributed by atoms with Crippen LogP contribution in [0.25, 0.3) is 10.6 Å². The van der Waals surface area contributed by atoms with Crippen LogP contribution in [0.5, 0.6) is 0 Å². The van der Waals surface area contributed by atoms with Crippen molar-refractivity contribution in [3.63, 3.8) is 0 Å². The Morgan fingerprint density at radius 1 is 1.39 bits per heavy atom. The Balaban J connectivity index is 1.65. The topological polar surface area (TPSA) is 59.2 Å². The van der Waals surface area contributed by atoms with Gasteiger partial charge in [-0.05, 0) is 31.4 Å². The van der Waals surface area contributed by atoms with Gasteiger partial charge in [0.15, 0.2) is 0 Å². The lowest BCUT2D eigenvalue weighted by atomic mass is 9.97. The summed E-state index contributed by atoms with van der Waals surface area (Å²) in [5.74, 6) is -0.187. The van der Waals surface area contributed by atoms with Gasteiger partial charge in [-0.15, -0.1) is 11.3 Å². The summed E-state index contributed by atoms with van der Waals surface area (Å²) in [5.41, 5.74) is 9.04. The molecule has 1 aliphatic rings. The molecule has 0 aliphatic carbocycles. The summed E-state index contributed by atoms with van der Waals surface area (Å²) in [6.45, 7) is 4.73. The predicted molar refractivity (Wildman–Crippen MR) is 94.1 cm³/mol. The SMILES string of the molecule is CCc1ccc(-c2nc(CN3CCC[C@@H](C(N)=O)C3)cs2)cc1. The highest BCUT2D eigenvalue weighted by molar-refractivity contribution is 7.13. The largest absolute Gasteiger partial charge is 0.369 e. The Kier molecular flexibility index (Phi) is 5.08. The summed E-state index contributed by atoms with van der Waals surface area (Å²) in [7, 11) is 0. The molecule has 0 saturated carbocycles. The van der Waals surface area contributed by atoms with E-state index in [1.807, 2.05) is 0 Å². The van der Waals surface area contributed by atoms with Crippen molar-refractivity contribution >= 4 is 17.2 Å². The zero-order valence-corrected chi connectivity index (χ0v) is 14.3. The van der Waals surface area contributed by atoms with Crippen LogP contribution >= 0.6 is 11.3 Å². The first-order chi connectivity index (χ1) is 11.2. The van der Waals surface area contributed by atoms with E-state index < -0.39 is 0 Å². The number of nitrogens with zero attached hydrogens (tertiary/aromatic N) is 2. The van der Waals surface area contributed by atoms with E-state index in [0.29, 0.717) is 0 Å². The van der Waals surface area contributed by atoms with Crippen molar-refractivity contribution in [1.82, 2.24) is 9.88 Å². The second kappa shape index (κ2) is 7.23. The van der Waals surface area contributed by atoms with Crippen molar-refractivity contribution in [2.45, 2.75) is 32.7 Å². The van der Waals surface area contributed by atoms with E-state index in [9.17, 15) is 4.79 Å². The number of carbonyl (C=O) groups is 1. The van der Waals surface area contributed by atoms with E-state index in [1.165, 1.54) is 11.1 Å². The van der Waals surface area contributed by atoms with Crippen LogP contribution < -0.4 is 5.73 Å². The number of piperidine rings is 1. The third-order valence-corrected chi connectivity index (χ3v) is 5.39. The molecule has 0 spiro atoms. The Morgan fingerprint density at radius 3 is 2.87 bits per heavy atom. The minimum Gasteiger partial charge on any atom is -0.369 e. The lowest BCUT2D eigenvalue weighted by molar-refractivity contribution is -0.123. The number of rotatable bonds is 5. The summed E-state index contributed by atoms with van der Waals surface area (Å²) in [4.78, 5) is 18.4. The number of likely N-dealkylation sites (tertiary alicyclic amines) is 1. The van der Waals surface area contributed by atoms with E-state index in [2.05, 4.69) is 41.5 Å². The average molecular weight is 329 g/mol. The highest BCUT2D eigenvalue weighted by Crippen LogP contribution is 2.26. The second-order valence-electron chi connectivity index (χ2n) is 6.17. The average Bonchev–Trinajstić information content (AvgIpc) is 3.03. The van der Waals surface area contributed by atoms with Gasteiger partial charge in [-0.25, -0.2) is 4.98 Å². The number of nitrogens with two attached hydrogens (primary N) is 1. The van der Waals surface area contributed by atoms with Crippen LogP contribution in [0.2, 0.25) is 0 Å². The number of benzene rings is 1. The number of hydrogen-bond acceptors (Lipinski definition) is 4. The van der Waals surface area contributed by atoms with Gasteiger partial charge in [0.2, 0.25) is 5.91 Å². The number of amides is 1. The van der Waals surface area contributed by atoms with E-state index in [-0.39, 0.29) is 11.8 Å². The van der Waals surface area contributed by atoms with E-state index in [4.69, 9.17) is 10.7 Å². The van der Waals surface area contributed by atoms with Gasteiger partial charge in [0.05, 0.1) is 11.6 Å². The van der Waals surface area contributed by atoms with Gasteiger partial charge in [0.1, 0.15) is 5.01 Å². The number of thiazole rings is 1. The van der Waals surface area contributed by atoms with Crippen molar-refractivity contribution in [3.8, 4) is 10.6 Å². The van der Waals surface area contributed by atoms with E-state index in [0.717, 1.165) is 49.6 Å². The monoisotopic (exact) mass is 329 g/mol. The fourth-order valence-electron chi connectivity index (χ4n) is 3.06. The fourth-order valence-corrected chi connectivity index (χ4v) is 3.87. The lowest BCUT2D eigenvalue weighted by Gasteiger charge is -2.30. The number of hydrogen-bond donors (Lipinski definition) is 1. The molecule has 1 saturated heterocycles. The predicted octanol–water partition coefficient (Wildman–Crippen LogP) is 3.07. The summed E-state index contributed by atoms with van der Waals surface area (Å²) >= 11 is 1.68. The summed E-state index contributed by atoms with van der Waals surface area (Å²) in [5, 5.41) is 3.18. The van der Waals surface area contributed by atoms with Crippen LogP contribution in [0.15, 0.2) is 29.6 Å². The van der Waals surface area contributed by atoms with Gasteiger partial charge in [-0.1, -0.05) is 31.2 Å². The molecule has 1 aromatic heterocycles. The molecule has 5 heteroatoms. The van der Waals surface area contributed by atoms with Crippen molar-refractivity contribution in [3.05, 3.63) is 40.9 Å². The van der Waals surface area contributed by atoms with Gasteiger partial charge in [-0.3, -0.25) is 9.69 Å². The first-order valence-corrected chi connectivity index (χ1v) is 9.09. The normalized spacial score (nSPS) is 18.9. The molecule has 1 amide bonds. The first-order valence-electron chi connectivity index (χ1n) is 8.21. The number of aromatic nitrogens is 1. The van der Waals surface area contributed by atoms with Crippen molar-refractivity contribution in [2.75, 3.05) is 13.1 Å². The lowest BCUT2D eigenvalue weighted by Crippen LogP contribution is -2.40. The van der Waals surface area contributed by atoms with Crippen molar-refractivity contribution in [2.24, 2.45) is 11.7 Å². The molecule has 122 valence electrons. The zero-order chi connectivity index (χ0) is 16.2. The molecule has 2 N–H and O–H groups in total. The molecule has 3 rings (SSSR count). The molecule has 4 nitrogen and oxygen atoms in total. The Hall–Kier alpha value is -1.72. The smallest absolute Gasteiger partial charge is 0.221 e. The molecule has 1 aliphatic heterocycles. The third-order valence-electron chi connectivity index (χ3n) is 4.45. The van der Waals surface area contributed by atoms with Crippen LogP contribution in [0.3, 0.4) is 0 Å². The maximum atomic E-state index is 11.4. The Morgan fingerprint density at radius 2 is 2.17 bits per heavy atom. The van der Waals surface area contributed by atoms with Gasteiger partial charge < -0.3 is 5.73 Å². The maximum absolute atomic E-state index is 11.4. The third kappa shape index (κ3) is 3.98. The fraction of sp³-hybridized carbons (Fsp3) is 0.444. The zero-order valence-electron chi connectivity index (χ0n) is 13.5. The molecule has 2 aromatic rings. The van der Waals surface area contributed by atoms with Crippen LogP contribution in [0.1, 0.15) is 31.0 Å². The Labute approximate surface area is 141 Å². The maximum Gasteiger partial charge on any atom is 0.221 e. The van der Waals surface area contributed by atoms with Gasteiger partial charge in [-0.2, -0.15) is 0 Å². The molecule has 2 heterocycles. The van der Waals surface area contributed by atoms with Gasteiger partial charge >= 0.3 is 0 Å². The molecule has 0 bridgehead atoms. The van der Waals surface area contributed by atoms with Crippen LogP contribution in [-0.2, 0) is 17.8 Å². The second-order valence-corrected chi connectivity index (χ2v) is 7.03. The summed E-state index contributed by atoms with van der Waals surface area (Å²) < 4.78 is 0. The molecule has 1 atom stereocenters. The summed E-state index contributed by atoms with van der Waals surface area (Å²) in [6.07, 6.45) is 3.00. The van der Waals surface area contributed by atoms with E-state index >= 15 is 0 Å². The highest BCUT2D eigenvalue weighted by Gasteiger charge is 2.24. The van der Waals surface area contributed by atoms with Gasteiger partial charge in [0.25, 0.3) is 0 Å². The quantitative estimate of drug-likeness (QED) is 0.917.